The smallest absolute Gasteiger partial charge is 0.386 e. The van der Waals surface area contributed by atoms with Crippen LogP contribution in [0.2, 0.25) is 0 Å². The minimum absolute atomic E-state index is 0.406. The highest BCUT2D eigenvalue weighted by Crippen LogP contribution is 2.60. The lowest BCUT2D eigenvalue weighted by atomic mass is 9.92. The van der Waals surface area contributed by atoms with Crippen LogP contribution in [0.4, 0.5) is 57.1 Å². The summed E-state index contributed by atoms with van der Waals surface area (Å²) in [5, 5.41) is 9.13. The van der Waals surface area contributed by atoms with Gasteiger partial charge in [-0.1, -0.05) is 18.2 Å². The second-order valence-electron chi connectivity index (χ2n) is 5.76. The Bertz CT molecular complexity index is 761. The molecular formula is C14H9F13O2S. The molecule has 174 valence electrons. The number of alkyl halides is 13. The molecule has 0 aliphatic carbocycles. The molecule has 1 N–H and O–H groups in total. The average molecular weight is 488 g/mol. The monoisotopic (exact) mass is 488 g/mol. The summed E-state index contributed by atoms with van der Waals surface area (Å²) in [4.78, 5) is -0.406. The van der Waals surface area contributed by atoms with Crippen molar-refractivity contribution in [3.05, 3.63) is 30.3 Å². The van der Waals surface area contributed by atoms with Crippen LogP contribution >= 0.6 is 0 Å². The lowest BCUT2D eigenvalue weighted by Crippen LogP contribution is -2.71. The molecule has 2 nitrogen and oxygen atoms in total. The van der Waals surface area contributed by atoms with Crippen LogP contribution < -0.4 is 0 Å². The minimum Gasteiger partial charge on any atom is -0.386 e. The van der Waals surface area contributed by atoms with Gasteiger partial charge < -0.3 is 5.11 Å². The van der Waals surface area contributed by atoms with Crippen LogP contribution in [0.3, 0.4) is 0 Å². The Morgan fingerprint density at radius 3 is 1.50 bits per heavy atom. The largest absolute Gasteiger partial charge is 0.460 e. The molecule has 0 aliphatic heterocycles. The zero-order chi connectivity index (χ0) is 24.0. The maximum atomic E-state index is 13.7. The molecule has 0 saturated heterocycles. The maximum absolute atomic E-state index is 13.7. The fourth-order valence-corrected chi connectivity index (χ4v) is 3.06. The van der Waals surface area contributed by atoms with Crippen molar-refractivity contribution in [3.63, 3.8) is 0 Å². The molecule has 0 aliphatic rings. The van der Waals surface area contributed by atoms with E-state index in [0.29, 0.717) is 0 Å². The van der Waals surface area contributed by atoms with Gasteiger partial charge in [0.2, 0.25) is 0 Å². The second-order valence-corrected chi connectivity index (χ2v) is 7.26. The summed E-state index contributed by atoms with van der Waals surface area (Å²) in [6, 6.07) is 5.52. The molecule has 30 heavy (non-hydrogen) atoms. The van der Waals surface area contributed by atoms with Crippen LogP contribution in [0.15, 0.2) is 35.2 Å². The van der Waals surface area contributed by atoms with Gasteiger partial charge in [0.05, 0.1) is 16.6 Å². The topological polar surface area (TPSA) is 37.3 Å². The first-order valence-electron chi connectivity index (χ1n) is 7.23. The first-order valence-corrected chi connectivity index (χ1v) is 8.55. The Balaban J connectivity index is 3.32. The van der Waals surface area contributed by atoms with Gasteiger partial charge in [-0.3, -0.25) is 4.21 Å². The third-order valence-corrected chi connectivity index (χ3v) is 5.11. The number of hydrogen-bond acceptors (Lipinski definition) is 2. The first kappa shape index (κ1) is 26.5. The normalized spacial score (nSPS) is 17.0. The molecule has 1 aromatic rings. The Kier molecular flexibility index (Phi) is 6.91. The van der Waals surface area contributed by atoms with Crippen molar-refractivity contribution < 1.29 is 66.4 Å². The SMILES string of the molecule is O=S(CC(O)C(F)(F)C(F)(F)C(F)(F)C(F)(F)C(F)(F)C(F)(F)F)c1ccccc1. The number of halogens is 13. The summed E-state index contributed by atoms with van der Waals surface area (Å²) in [5.41, 5.74) is 0. The van der Waals surface area contributed by atoms with Gasteiger partial charge in [0.25, 0.3) is 0 Å². The number of rotatable bonds is 8. The molecular weight excluding hydrogens is 479 g/mol. The Labute approximate surface area is 161 Å². The van der Waals surface area contributed by atoms with E-state index in [1.165, 1.54) is 6.07 Å². The first-order chi connectivity index (χ1) is 13.2. The third-order valence-electron chi connectivity index (χ3n) is 3.69. The Hall–Kier alpha value is -1.58. The van der Waals surface area contributed by atoms with Crippen molar-refractivity contribution in [2.24, 2.45) is 0 Å². The molecule has 0 amide bonds. The number of hydrogen-bond donors (Lipinski definition) is 1. The summed E-state index contributed by atoms with van der Waals surface area (Å²) in [6.07, 6.45) is -11.6. The van der Waals surface area contributed by atoms with Crippen LogP contribution in [0.5, 0.6) is 0 Å². The van der Waals surface area contributed by atoms with E-state index in [2.05, 4.69) is 0 Å². The van der Waals surface area contributed by atoms with E-state index in [4.69, 9.17) is 5.11 Å². The van der Waals surface area contributed by atoms with Crippen LogP contribution in [-0.2, 0) is 10.8 Å². The van der Waals surface area contributed by atoms with Gasteiger partial charge in [0, 0.05) is 4.90 Å². The van der Waals surface area contributed by atoms with Crippen molar-refractivity contribution in [1.82, 2.24) is 0 Å². The molecule has 16 heteroatoms. The van der Waals surface area contributed by atoms with E-state index in [1.54, 1.807) is 0 Å². The van der Waals surface area contributed by atoms with Crippen molar-refractivity contribution >= 4 is 10.8 Å². The van der Waals surface area contributed by atoms with Crippen LogP contribution in [0, 0.1) is 0 Å². The van der Waals surface area contributed by atoms with E-state index in [0.717, 1.165) is 24.3 Å². The minimum atomic E-state index is -8.05. The molecule has 0 spiro atoms. The van der Waals surface area contributed by atoms with Crippen molar-refractivity contribution in [1.29, 1.82) is 0 Å². The number of aliphatic hydroxyl groups excluding tert-OH is 1. The molecule has 1 aromatic carbocycles. The van der Waals surface area contributed by atoms with Gasteiger partial charge in [-0.25, -0.2) is 0 Å². The summed E-state index contributed by atoms with van der Waals surface area (Å²) < 4.78 is 181. The van der Waals surface area contributed by atoms with Gasteiger partial charge in [-0.2, -0.15) is 57.1 Å². The van der Waals surface area contributed by atoms with Gasteiger partial charge in [-0.15, -0.1) is 0 Å². The highest BCUT2D eigenvalue weighted by molar-refractivity contribution is 7.85. The van der Waals surface area contributed by atoms with Gasteiger partial charge in [0.1, 0.15) is 6.10 Å². The predicted molar refractivity (Wildman–Crippen MR) is 74.5 cm³/mol. The third kappa shape index (κ3) is 3.99. The highest BCUT2D eigenvalue weighted by Gasteiger charge is 2.91. The molecule has 2 atom stereocenters. The van der Waals surface area contributed by atoms with Crippen molar-refractivity contribution in [2.75, 3.05) is 5.75 Å². The lowest BCUT2D eigenvalue weighted by Gasteiger charge is -2.40. The maximum Gasteiger partial charge on any atom is 0.460 e. The molecule has 0 aromatic heterocycles. The zero-order valence-electron chi connectivity index (χ0n) is 13.8. The Morgan fingerprint density at radius 2 is 1.10 bits per heavy atom. The van der Waals surface area contributed by atoms with Gasteiger partial charge in [0.15, 0.2) is 0 Å². The standard InChI is InChI=1S/C14H9F13O2S/c15-9(16,8(28)6-30(29)7-4-2-1-3-5-7)10(17,18)11(19,20)12(21,22)13(23,24)14(25,26)27/h1-5,8,28H,6H2. The van der Waals surface area contributed by atoms with E-state index in [1.807, 2.05) is 0 Å². The quantitative estimate of drug-likeness (QED) is 0.530. The number of benzene rings is 1. The average Bonchev–Trinajstić information content (AvgIpc) is 2.60. The van der Waals surface area contributed by atoms with Crippen LogP contribution in [-0.4, -0.2) is 57.0 Å². The summed E-state index contributed by atoms with van der Waals surface area (Å²) >= 11 is 0. The second kappa shape index (κ2) is 7.84. The summed E-state index contributed by atoms with van der Waals surface area (Å²) in [6.45, 7) is 0. The van der Waals surface area contributed by atoms with E-state index in [9.17, 15) is 61.3 Å². The van der Waals surface area contributed by atoms with Crippen molar-refractivity contribution in [2.45, 2.75) is 46.8 Å². The van der Waals surface area contributed by atoms with Crippen LogP contribution in [0.25, 0.3) is 0 Å². The predicted octanol–water partition coefficient (Wildman–Crippen LogP) is 4.89. The molecule has 0 fully saturated rings. The van der Waals surface area contributed by atoms with Gasteiger partial charge >= 0.3 is 35.8 Å². The van der Waals surface area contributed by atoms with Crippen molar-refractivity contribution in [3.8, 4) is 0 Å². The molecule has 2 unspecified atom stereocenters. The van der Waals surface area contributed by atoms with Crippen LogP contribution in [0.1, 0.15) is 0 Å². The molecule has 1 rings (SSSR count). The van der Waals surface area contributed by atoms with E-state index >= 15 is 0 Å². The summed E-state index contributed by atoms with van der Waals surface area (Å²) in [5.74, 6) is -40.2. The fourth-order valence-electron chi connectivity index (χ4n) is 1.91. The Morgan fingerprint density at radius 1 is 0.700 bits per heavy atom. The summed E-state index contributed by atoms with van der Waals surface area (Å²) in [7, 11) is -2.80. The molecule has 0 radical (unpaired) electrons. The van der Waals surface area contributed by atoms with E-state index in [-0.39, 0.29) is 0 Å². The highest BCUT2D eigenvalue weighted by atomic mass is 32.2. The lowest BCUT2D eigenvalue weighted by molar-refractivity contribution is -0.443. The number of aliphatic hydroxyl groups is 1. The molecule has 0 saturated carbocycles. The molecule has 0 heterocycles. The van der Waals surface area contributed by atoms with E-state index < -0.39 is 63.3 Å². The molecule has 0 bridgehead atoms. The zero-order valence-corrected chi connectivity index (χ0v) is 14.7. The fraction of sp³-hybridized carbons (Fsp3) is 0.571. The van der Waals surface area contributed by atoms with Gasteiger partial charge in [-0.05, 0) is 12.1 Å².